The number of carbonyl (C=O) groups excluding carboxylic acids is 1. The van der Waals surface area contributed by atoms with Gasteiger partial charge in [-0.1, -0.05) is 42.7 Å². The van der Waals surface area contributed by atoms with E-state index in [2.05, 4.69) is 10.3 Å². The molecule has 5 nitrogen and oxygen atoms in total. The van der Waals surface area contributed by atoms with E-state index in [9.17, 15) is 9.59 Å². The molecule has 0 atom stereocenters. The van der Waals surface area contributed by atoms with Crippen molar-refractivity contribution in [1.29, 1.82) is 0 Å². The molecule has 1 N–H and O–H groups in total. The van der Waals surface area contributed by atoms with Gasteiger partial charge in [-0.25, -0.2) is 4.98 Å². The van der Waals surface area contributed by atoms with Crippen LogP contribution in [0, 0.1) is 6.92 Å². The molecule has 6 heteroatoms. The Bertz CT molecular complexity index is 1050. The van der Waals surface area contributed by atoms with Crippen LogP contribution in [0.1, 0.15) is 57.7 Å². The summed E-state index contributed by atoms with van der Waals surface area (Å²) in [6.07, 6.45) is 7.96. The quantitative estimate of drug-likeness (QED) is 0.753. The lowest BCUT2D eigenvalue weighted by Crippen LogP contribution is -2.31. The maximum absolute atomic E-state index is 13.0. The zero-order valence-corrected chi connectivity index (χ0v) is 16.3. The largest absolute Gasteiger partial charge is 0.348 e. The van der Waals surface area contributed by atoms with E-state index in [1.54, 1.807) is 15.7 Å². The fourth-order valence-corrected chi connectivity index (χ4v) is 4.85. The Kier molecular flexibility index (Phi) is 5.07. The van der Waals surface area contributed by atoms with Crippen LogP contribution < -0.4 is 10.9 Å². The monoisotopic (exact) mass is 381 g/mol. The van der Waals surface area contributed by atoms with Gasteiger partial charge in [0.15, 0.2) is 4.96 Å². The molecule has 2 heterocycles. The number of aromatic nitrogens is 2. The molecule has 3 aromatic rings. The standard InChI is InChI=1S/C21H23N3O2S/c1-14-7-6-8-15(11-14)12-22-19(25)16-13-23-21-24(20(16)26)17-9-4-2-3-5-10-18(17)27-21/h6-8,11,13H,2-5,9-10,12H2,1H3,(H,22,25). The predicted octanol–water partition coefficient (Wildman–Crippen LogP) is 3.65. The van der Waals surface area contributed by atoms with E-state index < -0.39 is 0 Å². The molecule has 0 saturated heterocycles. The lowest BCUT2D eigenvalue weighted by molar-refractivity contribution is 0.0949. The van der Waals surface area contributed by atoms with Crippen molar-refractivity contribution >= 4 is 22.2 Å². The number of aryl methyl sites for hydroxylation is 3. The molecule has 1 aromatic carbocycles. The minimum Gasteiger partial charge on any atom is -0.348 e. The van der Waals surface area contributed by atoms with Crippen LogP contribution >= 0.6 is 11.3 Å². The minimum atomic E-state index is -0.366. The first-order chi connectivity index (χ1) is 13.1. The van der Waals surface area contributed by atoms with Gasteiger partial charge in [-0.3, -0.25) is 14.0 Å². The number of carbonyl (C=O) groups is 1. The first kappa shape index (κ1) is 17.9. The minimum absolute atomic E-state index is 0.114. The van der Waals surface area contributed by atoms with Crippen molar-refractivity contribution < 1.29 is 4.79 Å². The average molecular weight is 382 g/mol. The van der Waals surface area contributed by atoms with E-state index in [0.29, 0.717) is 11.5 Å². The molecule has 0 unspecified atom stereocenters. The second-order valence-corrected chi connectivity index (χ2v) is 8.21. The summed E-state index contributed by atoms with van der Waals surface area (Å²) in [5.74, 6) is -0.366. The summed E-state index contributed by atoms with van der Waals surface area (Å²) in [7, 11) is 0. The van der Waals surface area contributed by atoms with E-state index in [-0.39, 0.29) is 17.0 Å². The molecule has 0 spiro atoms. The van der Waals surface area contributed by atoms with Crippen LogP contribution in [0.5, 0.6) is 0 Å². The van der Waals surface area contributed by atoms with Gasteiger partial charge in [-0.2, -0.15) is 0 Å². The highest BCUT2D eigenvalue weighted by atomic mass is 32.1. The Morgan fingerprint density at radius 1 is 1.22 bits per heavy atom. The first-order valence-corrected chi connectivity index (χ1v) is 10.3. The van der Waals surface area contributed by atoms with Crippen LogP contribution in [0.15, 0.2) is 35.3 Å². The van der Waals surface area contributed by atoms with Crippen LogP contribution in [-0.4, -0.2) is 15.3 Å². The van der Waals surface area contributed by atoms with Gasteiger partial charge in [0.05, 0.1) is 0 Å². The number of nitrogens with zero attached hydrogens (tertiary/aromatic N) is 2. The molecule has 2 aromatic heterocycles. The first-order valence-electron chi connectivity index (χ1n) is 9.49. The highest BCUT2D eigenvalue weighted by molar-refractivity contribution is 7.17. The maximum atomic E-state index is 13.0. The SMILES string of the molecule is Cc1cccc(CNC(=O)c2cnc3sc4c(n3c2=O)CCCCCC4)c1. The van der Waals surface area contributed by atoms with Gasteiger partial charge in [0.25, 0.3) is 11.5 Å². The highest BCUT2D eigenvalue weighted by Crippen LogP contribution is 2.27. The Hall–Kier alpha value is -2.47. The van der Waals surface area contributed by atoms with Crippen LogP contribution in [0.2, 0.25) is 0 Å². The number of nitrogens with one attached hydrogen (secondary N) is 1. The van der Waals surface area contributed by atoms with Gasteiger partial charge in [-0.05, 0) is 38.2 Å². The van der Waals surface area contributed by atoms with Gasteiger partial charge >= 0.3 is 0 Å². The van der Waals surface area contributed by atoms with Crippen LogP contribution in [0.25, 0.3) is 4.96 Å². The van der Waals surface area contributed by atoms with Gasteiger partial charge in [-0.15, -0.1) is 11.3 Å². The van der Waals surface area contributed by atoms with E-state index in [0.717, 1.165) is 42.5 Å². The highest BCUT2D eigenvalue weighted by Gasteiger charge is 2.20. The molecular formula is C21H23N3O2S. The van der Waals surface area contributed by atoms with Crippen molar-refractivity contribution in [3.8, 4) is 0 Å². The molecule has 0 fully saturated rings. The number of hydrogen-bond donors (Lipinski definition) is 1. The topological polar surface area (TPSA) is 63.5 Å². The molecule has 27 heavy (non-hydrogen) atoms. The summed E-state index contributed by atoms with van der Waals surface area (Å²) >= 11 is 1.59. The molecule has 4 rings (SSSR count). The third-order valence-electron chi connectivity index (χ3n) is 5.08. The fourth-order valence-electron chi connectivity index (χ4n) is 3.68. The van der Waals surface area contributed by atoms with Crippen molar-refractivity contribution in [2.75, 3.05) is 0 Å². The van der Waals surface area contributed by atoms with Gasteiger partial charge < -0.3 is 5.32 Å². The molecule has 1 aliphatic rings. The molecule has 1 amide bonds. The Morgan fingerprint density at radius 2 is 2.04 bits per heavy atom. The van der Waals surface area contributed by atoms with Crippen molar-refractivity contribution in [2.45, 2.75) is 52.0 Å². The molecule has 0 saturated carbocycles. The third-order valence-corrected chi connectivity index (χ3v) is 6.24. The van der Waals surface area contributed by atoms with E-state index in [1.807, 2.05) is 31.2 Å². The number of rotatable bonds is 3. The Labute approximate surface area is 162 Å². The normalized spacial score (nSPS) is 14.4. The summed E-state index contributed by atoms with van der Waals surface area (Å²) in [5, 5.41) is 2.85. The van der Waals surface area contributed by atoms with Crippen molar-refractivity contribution in [3.63, 3.8) is 0 Å². The van der Waals surface area contributed by atoms with Crippen LogP contribution in [0.3, 0.4) is 0 Å². The van der Waals surface area contributed by atoms with Crippen molar-refractivity contribution in [1.82, 2.24) is 14.7 Å². The zero-order chi connectivity index (χ0) is 18.8. The van der Waals surface area contributed by atoms with E-state index >= 15 is 0 Å². The fraction of sp³-hybridized carbons (Fsp3) is 0.381. The second kappa shape index (κ2) is 7.64. The van der Waals surface area contributed by atoms with E-state index in [1.165, 1.54) is 23.9 Å². The lowest BCUT2D eigenvalue weighted by atomic mass is 10.0. The smallest absolute Gasteiger partial charge is 0.271 e. The summed E-state index contributed by atoms with van der Waals surface area (Å²) < 4.78 is 1.67. The summed E-state index contributed by atoms with van der Waals surface area (Å²) in [6.45, 7) is 2.41. The van der Waals surface area contributed by atoms with Gasteiger partial charge in [0.2, 0.25) is 0 Å². The molecular weight excluding hydrogens is 358 g/mol. The number of benzene rings is 1. The predicted molar refractivity (Wildman–Crippen MR) is 108 cm³/mol. The van der Waals surface area contributed by atoms with Crippen molar-refractivity contribution in [2.24, 2.45) is 0 Å². The summed E-state index contributed by atoms with van der Waals surface area (Å²) in [4.78, 5) is 32.0. The molecule has 0 radical (unpaired) electrons. The number of thiazole rings is 1. The zero-order valence-electron chi connectivity index (χ0n) is 15.5. The Morgan fingerprint density at radius 3 is 2.85 bits per heavy atom. The number of hydrogen-bond acceptors (Lipinski definition) is 4. The third kappa shape index (κ3) is 3.67. The van der Waals surface area contributed by atoms with Crippen molar-refractivity contribution in [3.05, 3.63) is 68.1 Å². The van der Waals surface area contributed by atoms with E-state index in [4.69, 9.17) is 0 Å². The Balaban J connectivity index is 1.63. The summed E-state index contributed by atoms with van der Waals surface area (Å²) in [5.41, 5.74) is 3.07. The maximum Gasteiger partial charge on any atom is 0.271 e. The molecule has 0 bridgehead atoms. The lowest BCUT2D eigenvalue weighted by Gasteiger charge is -2.10. The number of fused-ring (bicyclic) bond motifs is 3. The van der Waals surface area contributed by atoms with Crippen LogP contribution in [0.4, 0.5) is 0 Å². The average Bonchev–Trinajstić information content (AvgIpc) is 2.97. The second-order valence-electron chi connectivity index (χ2n) is 7.15. The van der Waals surface area contributed by atoms with Gasteiger partial charge in [0.1, 0.15) is 5.56 Å². The molecule has 1 aliphatic carbocycles. The molecule has 0 aliphatic heterocycles. The van der Waals surface area contributed by atoms with Crippen LogP contribution in [-0.2, 0) is 19.4 Å². The summed E-state index contributed by atoms with van der Waals surface area (Å²) in [6, 6.07) is 7.96. The van der Waals surface area contributed by atoms with Gasteiger partial charge in [0, 0.05) is 23.3 Å². The number of amides is 1. The molecule has 140 valence electrons.